The van der Waals surface area contributed by atoms with Crippen molar-refractivity contribution in [3.63, 3.8) is 0 Å². The summed E-state index contributed by atoms with van der Waals surface area (Å²) in [4.78, 5) is 12.0. The summed E-state index contributed by atoms with van der Waals surface area (Å²) in [5.74, 6) is 1.48. The average molecular weight is 326 g/mol. The first-order chi connectivity index (χ1) is 10.9. The lowest BCUT2D eigenvalue weighted by molar-refractivity contribution is 0.174. The van der Waals surface area contributed by atoms with E-state index in [0.29, 0.717) is 0 Å². The van der Waals surface area contributed by atoms with Crippen LogP contribution in [0.2, 0.25) is 0 Å². The Morgan fingerprint density at radius 3 is 2.74 bits per heavy atom. The third-order valence-electron chi connectivity index (χ3n) is 3.96. The van der Waals surface area contributed by atoms with Crippen molar-refractivity contribution in [3.05, 3.63) is 48.9 Å². The number of hydrogen-bond donors (Lipinski definition) is 1. The second-order valence-electron chi connectivity index (χ2n) is 5.22. The van der Waals surface area contributed by atoms with Crippen molar-refractivity contribution in [2.75, 3.05) is 6.79 Å². The quantitative estimate of drug-likeness (QED) is 0.576. The highest BCUT2D eigenvalue weighted by Gasteiger charge is 2.17. The van der Waals surface area contributed by atoms with Gasteiger partial charge in [-0.25, -0.2) is 9.97 Å². The van der Waals surface area contributed by atoms with Gasteiger partial charge in [-0.2, -0.15) is 0 Å². The van der Waals surface area contributed by atoms with Gasteiger partial charge in [-0.1, -0.05) is 6.07 Å². The van der Waals surface area contributed by atoms with E-state index in [1.165, 1.54) is 0 Å². The standard InChI is InChI=1S/C17H11N3O2.ClH/c1-2-13-10(3-4-18-13)5-11(1)17-12-6-15-16(22-9-21-15)7-14(12)19-8-20-17;/h1-8,18H,9H2;1H. The molecule has 2 aromatic carbocycles. The van der Waals surface area contributed by atoms with E-state index in [4.69, 9.17) is 9.47 Å². The number of aromatic amines is 1. The summed E-state index contributed by atoms with van der Waals surface area (Å²) >= 11 is 0. The van der Waals surface area contributed by atoms with E-state index in [1.54, 1.807) is 6.33 Å². The van der Waals surface area contributed by atoms with E-state index in [9.17, 15) is 0 Å². The van der Waals surface area contributed by atoms with E-state index in [1.807, 2.05) is 18.3 Å². The normalized spacial score (nSPS) is 12.5. The van der Waals surface area contributed by atoms with Crippen molar-refractivity contribution in [2.24, 2.45) is 0 Å². The molecular formula is C17H12ClN3O2. The molecule has 0 spiro atoms. The van der Waals surface area contributed by atoms with Gasteiger partial charge >= 0.3 is 0 Å². The van der Waals surface area contributed by atoms with Gasteiger partial charge in [0.1, 0.15) is 6.33 Å². The van der Waals surface area contributed by atoms with E-state index in [2.05, 4.69) is 39.2 Å². The van der Waals surface area contributed by atoms with Gasteiger partial charge in [0.05, 0.1) is 11.2 Å². The Bertz CT molecular complexity index is 1030. The molecule has 1 aliphatic heterocycles. The molecule has 114 valence electrons. The summed E-state index contributed by atoms with van der Waals surface area (Å²) in [6.45, 7) is 0.254. The summed E-state index contributed by atoms with van der Waals surface area (Å²) in [5.41, 5.74) is 3.91. The van der Waals surface area contributed by atoms with Crippen molar-refractivity contribution in [1.82, 2.24) is 15.0 Å². The van der Waals surface area contributed by atoms with Gasteiger partial charge in [0.25, 0.3) is 0 Å². The number of hydrogen-bond acceptors (Lipinski definition) is 4. The Kier molecular flexibility index (Phi) is 3.09. The number of nitrogens with zero attached hydrogens (tertiary/aromatic N) is 2. The van der Waals surface area contributed by atoms with Crippen molar-refractivity contribution in [1.29, 1.82) is 0 Å². The van der Waals surface area contributed by atoms with Crippen LogP contribution in [0.5, 0.6) is 11.5 Å². The summed E-state index contributed by atoms with van der Waals surface area (Å²) < 4.78 is 10.9. The topological polar surface area (TPSA) is 60.0 Å². The van der Waals surface area contributed by atoms with Crippen LogP contribution >= 0.6 is 12.4 Å². The number of fused-ring (bicyclic) bond motifs is 3. The van der Waals surface area contributed by atoms with E-state index >= 15 is 0 Å². The molecule has 0 fully saturated rings. The summed E-state index contributed by atoms with van der Waals surface area (Å²) in [6, 6.07) is 12.2. The lowest BCUT2D eigenvalue weighted by Gasteiger charge is -2.06. The Morgan fingerprint density at radius 2 is 1.83 bits per heavy atom. The molecule has 3 heterocycles. The molecule has 0 bridgehead atoms. The van der Waals surface area contributed by atoms with Crippen LogP contribution in [-0.2, 0) is 0 Å². The van der Waals surface area contributed by atoms with Crippen molar-refractivity contribution in [3.8, 4) is 22.8 Å². The highest BCUT2D eigenvalue weighted by Crippen LogP contribution is 2.38. The minimum Gasteiger partial charge on any atom is -0.454 e. The van der Waals surface area contributed by atoms with Crippen LogP contribution in [0.25, 0.3) is 33.1 Å². The molecule has 6 heteroatoms. The zero-order valence-corrected chi connectivity index (χ0v) is 12.8. The van der Waals surface area contributed by atoms with Crippen LogP contribution in [0, 0.1) is 0 Å². The molecule has 5 nitrogen and oxygen atoms in total. The molecule has 0 saturated carbocycles. The number of H-pyrrole nitrogens is 1. The first kappa shape index (κ1) is 13.8. The van der Waals surface area contributed by atoms with Crippen LogP contribution < -0.4 is 9.47 Å². The molecule has 0 atom stereocenters. The average Bonchev–Trinajstić information content (AvgIpc) is 3.19. The SMILES string of the molecule is Cl.c1nc(-c2ccc3[nH]ccc3c2)c2cc3c(cc2n1)OCO3. The zero-order chi connectivity index (χ0) is 14.5. The lowest BCUT2D eigenvalue weighted by atomic mass is 10.0. The molecule has 1 aliphatic rings. The van der Waals surface area contributed by atoms with Crippen LogP contribution in [0.3, 0.4) is 0 Å². The molecule has 1 N–H and O–H groups in total. The predicted octanol–water partition coefficient (Wildman–Crippen LogP) is 3.93. The maximum atomic E-state index is 5.47. The molecule has 5 rings (SSSR count). The Hall–Kier alpha value is -2.79. The van der Waals surface area contributed by atoms with Crippen LogP contribution in [0.4, 0.5) is 0 Å². The molecule has 0 radical (unpaired) electrons. The number of ether oxygens (including phenoxy) is 2. The highest BCUT2D eigenvalue weighted by atomic mass is 35.5. The second-order valence-corrected chi connectivity index (χ2v) is 5.22. The first-order valence-corrected chi connectivity index (χ1v) is 7.00. The number of halogens is 1. The van der Waals surface area contributed by atoms with Gasteiger partial charge in [0.15, 0.2) is 11.5 Å². The third kappa shape index (κ3) is 2.09. The van der Waals surface area contributed by atoms with Gasteiger partial charge in [0.2, 0.25) is 6.79 Å². The summed E-state index contributed by atoms with van der Waals surface area (Å²) in [7, 11) is 0. The Labute approximate surface area is 137 Å². The van der Waals surface area contributed by atoms with E-state index in [0.717, 1.165) is 44.6 Å². The van der Waals surface area contributed by atoms with Gasteiger partial charge < -0.3 is 14.5 Å². The van der Waals surface area contributed by atoms with Crippen LogP contribution in [0.15, 0.2) is 48.9 Å². The largest absolute Gasteiger partial charge is 0.454 e. The first-order valence-electron chi connectivity index (χ1n) is 7.00. The fourth-order valence-electron chi connectivity index (χ4n) is 2.88. The fourth-order valence-corrected chi connectivity index (χ4v) is 2.88. The highest BCUT2D eigenvalue weighted by molar-refractivity contribution is 5.96. The zero-order valence-electron chi connectivity index (χ0n) is 11.9. The maximum absolute atomic E-state index is 5.47. The smallest absolute Gasteiger partial charge is 0.231 e. The minimum atomic E-state index is 0. The molecule has 23 heavy (non-hydrogen) atoms. The van der Waals surface area contributed by atoms with Gasteiger partial charge in [-0.3, -0.25) is 0 Å². The summed E-state index contributed by atoms with van der Waals surface area (Å²) in [5, 5.41) is 2.12. The minimum absolute atomic E-state index is 0. The Morgan fingerprint density at radius 1 is 0.957 bits per heavy atom. The van der Waals surface area contributed by atoms with E-state index < -0.39 is 0 Å². The van der Waals surface area contributed by atoms with Crippen molar-refractivity contribution < 1.29 is 9.47 Å². The van der Waals surface area contributed by atoms with E-state index in [-0.39, 0.29) is 19.2 Å². The molecule has 0 saturated heterocycles. The molecular weight excluding hydrogens is 314 g/mol. The fraction of sp³-hybridized carbons (Fsp3) is 0.0588. The Balaban J connectivity index is 0.00000135. The maximum Gasteiger partial charge on any atom is 0.231 e. The van der Waals surface area contributed by atoms with Crippen molar-refractivity contribution >= 4 is 34.2 Å². The van der Waals surface area contributed by atoms with Crippen molar-refractivity contribution in [2.45, 2.75) is 0 Å². The number of benzene rings is 2. The molecule has 0 amide bonds. The molecule has 0 aliphatic carbocycles. The number of rotatable bonds is 1. The molecule has 2 aromatic heterocycles. The third-order valence-corrected chi connectivity index (χ3v) is 3.96. The number of nitrogens with one attached hydrogen (secondary N) is 1. The monoisotopic (exact) mass is 325 g/mol. The second kappa shape index (κ2) is 5.14. The molecule has 0 unspecified atom stereocenters. The van der Waals surface area contributed by atoms with Crippen LogP contribution in [0.1, 0.15) is 0 Å². The number of aromatic nitrogens is 3. The lowest BCUT2D eigenvalue weighted by Crippen LogP contribution is -1.92. The predicted molar refractivity (Wildman–Crippen MR) is 90.2 cm³/mol. The van der Waals surface area contributed by atoms with Gasteiger partial charge in [-0.05, 0) is 24.3 Å². The van der Waals surface area contributed by atoms with Gasteiger partial charge in [-0.15, -0.1) is 12.4 Å². The van der Waals surface area contributed by atoms with Gasteiger partial charge in [0, 0.05) is 34.1 Å². The van der Waals surface area contributed by atoms with Crippen LogP contribution in [-0.4, -0.2) is 21.7 Å². The molecule has 4 aromatic rings. The summed E-state index contributed by atoms with van der Waals surface area (Å²) in [6.07, 6.45) is 3.52.